The number of hydrogen-bond donors (Lipinski definition) is 1. The Hall–Kier alpha value is -3.67. The lowest BCUT2D eigenvalue weighted by Crippen LogP contribution is -2.34. The summed E-state index contributed by atoms with van der Waals surface area (Å²) in [6.45, 7) is 1.73. The lowest BCUT2D eigenvalue weighted by molar-refractivity contribution is -0.121. The van der Waals surface area contributed by atoms with Crippen LogP contribution in [0.1, 0.15) is 17.3 Å². The molecule has 0 spiro atoms. The van der Waals surface area contributed by atoms with Gasteiger partial charge in [0.05, 0.1) is 5.56 Å². The number of benzene rings is 3. The van der Waals surface area contributed by atoms with Gasteiger partial charge in [-0.05, 0) is 66.6 Å². The van der Waals surface area contributed by atoms with E-state index >= 15 is 0 Å². The quantitative estimate of drug-likeness (QED) is 0.630. The lowest BCUT2D eigenvalue weighted by atomic mass is 10.0. The van der Waals surface area contributed by atoms with Crippen molar-refractivity contribution in [2.24, 2.45) is 0 Å². The van der Waals surface area contributed by atoms with E-state index in [9.17, 15) is 19.1 Å². The van der Waals surface area contributed by atoms with Gasteiger partial charge >= 0.3 is 5.97 Å². The highest BCUT2D eigenvalue weighted by Gasteiger charge is 2.17. The number of hydrogen-bond acceptors (Lipinski definition) is 4. The van der Waals surface area contributed by atoms with Gasteiger partial charge in [-0.25, -0.2) is 9.18 Å². The van der Waals surface area contributed by atoms with Crippen LogP contribution >= 0.6 is 0 Å². The summed E-state index contributed by atoms with van der Waals surface area (Å²) < 4.78 is 18.2. The minimum absolute atomic E-state index is 0.181. The van der Waals surface area contributed by atoms with Gasteiger partial charge in [0.25, 0.3) is 5.91 Å². The Kier molecular flexibility index (Phi) is 6.24. The van der Waals surface area contributed by atoms with Crippen LogP contribution in [0.3, 0.4) is 0 Å². The van der Waals surface area contributed by atoms with Crippen LogP contribution in [0.15, 0.2) is 72.8 Å². The molecule has 0 bridgehead atoms. The number of phenolic OH excluding ortho intramolecular Hbond substituents is 1. The van der Waals surface area contributed by atoms with E-state index in [1.807, 2.05) is 0 Å². The number of halogens is 1. The van der Waals surface area contributed by atoms with E-state index in [0.29, 0.717) is 17.8 Å². The molecule has 0 heterocycles. The maximum absolute atomic E-state index is 13.1. The number of anilines is 1. The van der Waals surface area contributed by atoms with E-state index in [1.165, 1.54) is 29.2 Å². The van der Waals surface area contributed by atoms with Gasteiger partial charge < -0.3 is 14.7 Å². The summed E-state index contributed by atoms with van der Waals surface area (Å²) in [6.07, 6.45) is 0. The molecule has 0 aliphatic carbocycles. The topological polar surface area (TPSA) is 66.8 Å². The van der Waals surface area contributed by atoms with Crippen molar-refractivity contribution in [1.82, 2.24) is 0 Å². The number of aromatic hydroxyl groups is 1. The first-order valence-corrected chi connectivity index (χ1v) is 9.10. The highest BCUT2D eigenvalue weighted by Crippen LogP contribution is 2.22. The van der Waals surface area contributed by atoms with Gasteiger partial charge in [0.2, 0.25) is 0 Å². The van der Waals surface area contributed by atoms with Crippen LogP contribution in [-0.2, 0) is 9.53 Å². The van der Waals surface area contributed by atoms with Crippen molar-refractivity contribution in [2.45, 2.75) is 6.92 Å². The Bertz CT molecular complexity index is 983. The van der Waals surface area contributed by atoms with E-state index in [-0.39, 0.29) is 11.6 Å². The van der Waals surface area contributed by atoms with Crippen LogP contribution in [0, 0.1) is 5.82 Å². The van der Waals surface area contributed by atoms with Gasteiger partial charge in [-0.15, -0.1) is 0 Å². The number of ether oxygens (including phenoxy) is 1. The fourth-order valence-corrected chi connectivity index (χ4v) is 2.87. The molecule has 3 rings (SSSR count). The largest absolute Gasteiger partial charge is 0.508 e. The van der Waals surface area contributed by atoms with E-state index in [4.69, 9.17) is 4.74 Å². The van der Waals surface area contributed by atoms with E-state index in [0.717, 1.165) is 11.1 Å². The molecular formula is C23H20FNO4. The predicted octanol–water partition coefficient (Wildman–Crippen LogP) is 4.41. The van der Waals surface area contributed by atoms with Crippen LogP contribution in [-0.4, -0.2) is 30.1 Å². The fourth-order valence-electron chi connectivity index (χ4n) is 2.87. The minimum atomic E-state index is -0.606. The summed E-state index contributed by atoms with van der Waals surface area (Å²) in [5, 5.41) is 9.36. The number of amides is 1. The average Bonchev–Trinajstić information content (AvgIpc) is 2.74. The number of carbonyl (C=O) groups is 2. The summed E-state index contributed by atoms with van der Waals surface area (Å²) in [6, 6.07) is 19.0. The number of carbonyl (C=O) groups excluding carboxylic acids is 2. The molecule has 0 fully saturated rings. The normalized spacial score (nSPS) is 10.4. The van der Waals surface area contributed by atoms with Crippen LogP contribution < -0.4 is 4.90 Å². The molecule has 0 unspecified atom stereocenters. The van der Waals surface area contributed by atoms with Gasteiger partial charge in [-0.1, -0.05) is 24.3 Å². The molecular weight excluding hydrogens is 373 g/mol. The Morgan fingerprint density at radius 3 is 2.00 bits per heavy atom. The molecule has 0 aromatic heterocycles. The molecule has 0 saturated carbocycles. The third-order valence-corrected chi connectivity index (χ3v) is 4.40. The van der Waals surface area contributed by atoms with Gasteiger partial charge in [0.1, 0.15) is 11.6 Å². The van der Waals surface area contributed by atoms with Gasteiger partial charge in [-0.3, -0.25) is 4.79 Å². The second-order valence-electron chi connectivity index (χ2n) is 6.31. The first-order chi connectivity index (χ1) is 14.0. The summed E-state index contributed by atoms with van der Waals surface area (Å²) in [4.78, 5) is 26.1. The zero-order valence-corrected chi connectivity index (χ0v) is 15.8. The van der Waals surface area contributed by atoms with Gasteiger partial charge in [-0.2, -0.15) is 0 Å². The van der Waals surface area contributed by atoms with Crippen molar-refractivity contribution in [3.63, 3.8) is 0 Å². The summed E-state index contributed by atoms with van der Waals surface area (Å²) in [5.41, 5.74) is 2.64. The molecule has 1 N–H and O–H groups in total. The van der Waals surface area contributed by atoms with Crippen molar-refractivity contribution in [1.29, 1.82) is 0 Å². The Balaban J connectivity index is 1.61. The second-order valence-corrected chi connectivity index (χ2v) is 6.31. The van der Waals surface area contributed by atoms with Crippen LogP contribution in [0.2, 0.25) is 0 Å². The van der Waals surface area contributed by atoms with E-state index < -0.39 is 18.5 Å². The van der Waals surface area contributed by atoms with E-state index in [1.54, 1.807) is 55.5 Å². The molecule has 0 saturated heterocycles. The molecule has 1 amide bonds. The zero-order chi connectivity index (χ0) is 20.8. The molecule has 3 aromatic rings. The SMILES string of the molecule is CCN(C(=O)COC(=O)c1ccc(-c2ccc(O)cc2)cc1)c1ccc(F)cc1. The van der Waals surface area contributed by atoms with Crippen LogP contribution in [0.25, 0.3) is 11.1 Å². The van der Waals surface area contributed by atoms with Crippen molar-refractivity contribution >= 4 is 17.6 Å². The first kappa shape index (κ1) is 20.1. The van der Waals surface area contributed by atoms with Gasteiger partial charge in [0.15, 0.2) is 6.61 Å². The third kappa shape index (κ3) is 4.99. The molecule has 3 aromatic carbocycles. The van der Waals surface area contributed by atoms with Crippen molar-refractivity contribution in [3.05, 3.63) is 84.2 Å². The summed E-state index contributed by atoms with van der Waals surface area (Å²) in [7, 11) is 0. The number of phenols is 1. The molecule has 0 aliphatic rings. The zero-order valence-electron chi connectivity index (χ0n) is 15.8. The predicted molar refractivity (Wildman–Crippen MR) is 108 cm³/mol. The second kappa shape index (κ2) is 9.01. The fraction of sp³-hybridized carbons (Fsp3) is 0.130. The third-order valence-electron chi connectivity index (χ3n) is 4.40. The summed E-state index contributed by atoms with van der Waals surface area (Å²) in [5.74, 6) is -1.21. The minimum Gasteiger partial charge on any atom is -0.508 e. The maximum atomic E-state index is 13.1. The van der Waals surface area contributed by atoms with Gasteiger partial charge in [0, 0.05) is 12.2 Å². The van der Waals surface area contributed by atoms with Crippen LogP contribution in [0.5, 0.6) is 5.75 Å². The Morgan fingerprint density at radius 1 is 0.897 bits per heavy atom. The van der Waals surface area contributed by atoms with Crippen molar-refractivity contribution in [3.8, 4) is 16.9 Å². The molecule has 148 valence electrons. The van der Waals surface area contributed by atoms with Crippen LogP contribution in [0.4, 0.5) is 10.1 Å². The number of esters is 1. The smallest absolute Gasteiger partial charge is 0.338 e. The standard InChI is InChI=1S/C23H20FNO4/c1-2-25(20-11-9-19(24)10-12-20)22(27)15-29-23(28)18-5-3-16(4-6-18)17-7-13-21(26)14-8-17/h3-14,26H,2,15H2,1H3. The molecule has 29 heavy (non-hydrogen) atoms. The highest BCUT2D eigenvalue weighted by atomic mass is 19.1. The Labute approximate surface area is 168 Å². The van der Waals surface area contributed by atoms with E-state index in [2.05, 4.69) is 0 Å². The Morgan fingerprint density at radius 2 is 1.45 bits per heavy atom. The average molecular weight is 393 g/mol. The number of nitrogens with zero attached hydrogens (tertiary/aromatic N) is 1. The molecule has 5 nitrogen and oxygen atoms in total. The number of likely N-dealkylation sites (N-methyl/N-ethyl adjacent to an activating group) is 1. The molecule has 0 aliphatic heterocycles. The molecule has 6 heteroatoms. The maximum Gasteiger partial charge on any atom is 0.338 e. The van der Waals surface area contributed by atoms with Crippen molar-refractivity contribution in [2.75, 3.05) is 18.1 Å². The lowest BCUT2D eigenvalue weighted by Gasteiger charge is -2.20. The number of rotatable bonds is 6. The molecule has 0 radical (unpaired) electrons. The van der Waals surface area contributed by atoms with Crippen molar-refractivity contribution < 1.29 is 23.8 Å². The highest BCUT2D eigenvalue weighted by molar-refractivity contribution is 5.97. The monoisotopic (exact) mass is 393 g/mol. The molecule has 0 atom stereocenters. The summed E-state index contributed by atoms with van der Waals surface area (Å²) >= 11 is 0. The first-order valence-electron chi connectivity index (χ1n) is 9.10.